The fourth-order valence-corrected chi connectivity index (χ4v) is 6.07. The van der Waals surface area contributed by atoms with Gasteiger partial charge in [-0.2, -0.15) is 4.31 Å². The topological polar surface area (TPSA) is 112 Å². The SMILES string of the molecule is Cc1noc(C)c1S(=O)(=O)N1CCN(C(=O)CSc2nc3ccc(Cl)cc3[nH]2)CC1. The van der Waals surface area contributed by atoms with Crippen molar-refractivity contribution in [2.75, 3.05) is 31.9 Å². The van der Waals surface area contributed by atoms with Crippen molar-refractivity contribution in [2.24, 2.45) is 0 Å². The first-order valence-corrected chi connectivity index (χ1v) is 12.0. The number of nitrogens with zero attached hydrogens (tertiary/aromatic N) is 4. The standard InChI is InChI=1S/C18H20ClN5O4S2/c1-11-17(12(2)28-22-11)30(26,27)24-7-5-23(6-8-24)16(25)10-29-18-20-14-4-3-13(19)9-15(14)21-18/h3-4,9H,5-8,10H2,1-2H3,(H,20,21). The van der Waals surface area contributed by atoms with Gasteiger partial charge in [0.2, 0.25) is 15.9 Å². The zero-order chi connectivity index (χ0) is 21.5. The van der Waals surface area contributed by atoms with E-state index in [0.29, 0.717) is 29.0 Å². The lowest BCUT2D eigenvalue weighted by Gasteiger charge is -2.33. The predicted molar refractivity (Wildman–Crippen MR) is 113 cm³/mol. The van der Waals surface area contributed by atoms with Crippen molar-refractivity contribution in [3.63, 3.8) is 0 Å². The molecule has 2 aromatic heterocycles. The van der Waals surface area contributed by atoms with Gasteiger partial charge in [-0.25, -0.2) is 13.4 Å². The van der Waals surface area contributed by atoms with E-state index in [1.807, 2.05) is 6.07 Å². The van der Waals surface area contributed by atoms with E-state index in [9.17, 15) is 13.2 Å². The molecule has 0 spiro atoms. The number of sulfonamides is 1. The van der Waals surface area contributed by atoms with E-state index in [2.05, 4.69) is 15.1 Å². The highest BCUT2D eigenvalue weighted by molar-refractivity contribution is 7.99. The summed E-state index contributed by atoms with van der Waals surface area (Å²) >= 11 is 7.29. The monoisotopic (exact) mass is 469 g/mol. The summed E-state index contributed by atoms with van der Waals surface area (Å²) in [6.07, 6.45) is 0. The number of hydrogen-bond donors (Lipinski definition) is 1. The second-order valence-electron chi connectivity index (χ2n) is 6.93. The van der Waals surface area contributed by atoms with E-state index in [4.69, 9.17) is 16.1 Å². The van der Waals surface area contributed by atoms with E-state index >= 15 is 0 Å². The number of benzene rings is 1. The third-order valence-corrected chi connectivity index (χ3v) is 8.15. The zero-order valence-electron chi connectivity index (χ0n) is 16.4. The molecule has 4 rings (SSSR count). The molecule has 3 aromatic rings. The number of rotatable bonds is 5. The molecule has 0 bridgehead atoms. The number of nitrogens with one attached hydrogen (secondary N) is 1. The van der Waals surface area contributed by atoms with E-state index in [1.165, 1.54) is 16.1 Å². The van der Waals surface area contributed by atoms with E-state index in [0.717, 1.165) is 11.0 Å². The number of thioether (sulfide) groups is 1. The Bertz CT molecular complexity index is 1180. The quantitative estimate of drug-likeness (QED) is 0.571. The number of fused-ring (bicyclic) bond motifs is 1. The van der Waals surface area contributed by atoms with Crippen LogP contribution in [0, 0.1) is 13.8 Å². The molecule has 1 N–H and O–H groups in total. The Morgan fingerprint density at radius 2 is 2.00 bits per heavy atom. The summed E-state index contributed by atoms with van der Waals surface area (Å²) in [7, 11) is -3.69. The summed E-state index contributed by atoms with van der Waals surface area (Å²) in [6.45, 7) is 4.30. The van der Waals surface area contributed by atoms with Gasteiger partial charge in [0.1, 0.15) is 10.6 Å². The minimum atomic E-state index is -3.69. The number of aromatic nitrogens is 3. The molecule has 3 heterocycles. The first-order valence-electron chi connectivity index (χ1n) is 9.24. The lowest BCUT2D eigenvalue weighted by Crippen LogP contribution is -2.51. The first kappa shape index (κ1) is 21.2. The van der Waals surface area contributed by atoms with Gasteiger partial charge in [-0.1, -0.05) is 28.5 Å². The number of H-pyrrole nitrogens is 1. The summed E-state index contributed by atoms with van der Waals surface area (Å²) in [5.74, 6) is 0.423. The van der Waals surface area contributed by atoms with E-state index < -0.39 is 10.0 Å². The Morgan fingerprint density at radius 3 is 2.67 bits per heavy atom. The minimum Gasteiger partial charge on any atom is -0.360 e. The Balaban J connectivity index is 1.35. The molecule has 0 saturated carbocycles. The molecule has 1 fully saturated rings. The van der Waals surface area contributed by atoms with Crippen LogP contribution < -0.4 is 0 Å². The minimum absolute atomic E-state index is 0.0622. The third-order valence-electron chi connectivity index (χ3n) is 4.91. The van der Waals surface area contributed by atoms with Crippen LogP contribution in [0.5, 0.6) is 0 Å². The second kappa shape index (κ2) is 8.22. The number of amides is 1. The molecule has 160 valence electrons. The molecule has 0 unspecified atom stereocenters. The molecule has 1 saturated heterocycles. The lowest BCUT2D eigenvalue weighted by atomic mass is 10.3. The van der Waals surface area contributed by atoms with Gasteiger partial charge in [0.25, 0.3) is 0 Å². The van der Waals surface area contributed by atoms with Crippen molar-refractivity contribution in [1.82, 2.24) is 24.3 Å². The fourth-order valence-electron chi connectivity index (χ4n) is 3.40. The van der Waals surface area contributed by atoms with Gasteiger partial charge in [0.15, 0.2) is 10.9 Å². The molecule has 0 radical (unpaired) electrons. The summed E-state index contributed by atoms with van der Waals surface area (Å²) in [5, 5.41) is 4.98. The molecule has 9 nitrogen and oxygen atoms in total. The van der Waals surface area contributed by atoms with Gasteiger partial charge in [-0.3, -0.25) is 4.79 Å². The van der Waals surface area contributed by atoms with Crippen LogP contribution in [-0.2, 0) is 14.8 Å². The molecule has 0 aliphatic carbocycles. The van der Waals surface area contributed by atoms with Crippen LogP contribution in [0.3, 0.4) is 0 Å². The van der Waals surface area contributed by atoms with Gasteiger partial charge in [-0.05, 0) is 32.0 Å². The summed E-state index contributed by atoms with van der Waals surface area (Å²) in [6, 6.07) is 5.37. The maximum absolute atomic E-state index is 12.9. The molecule has 1 aliphatic rings. The molecule has 1 amide bonds. The second-order valence-corrected chi connectivity index (χ2v) is 10.2. The highest BCUT2D eigenvalue weighted by atomic mass is 35.5. The highest BCUT2D eigenvalue weighted by Gasteiger charge is 2.34. The molecule has 30 heavy (non-hydrogen) atoms. The average Bonchev–Trinajstić information content (AvgIpc) is 3.28. The highest BCUT2D eigenvalue weighted by Crippen LogP contribution is 2.25. The Kier molecular flexibility index (Phi) is 5.80. The number of aromatic amines is 1. The van der Waals surface area contributed by atoms with Gasteiger partial charge < -0.3 is 14.4 Å². The molecular weight excluding hydrogens is 450 g/mol. The van der Waals surface area contributed by atoms with Crippen molar-refractivity contribution in [3.05, 3.63) is 34.7 Å². The van der Waals surface area contributed by atoms with Gasteiger partial charge >= 0.3 is 0 Å². The number of piperazine rings is 1. The Labute approximate surface area is 182 Å². The van der Waals surface area contributed by atoms with Crippen molar-refractivity contribution in [2.45, 2.75) is 23.9 Å². The average molecular weight is 470 g/mol. The first-order chi connectivity index (χ1) is 14.3. The molecule has 1 aliphatic heterocycles. The summed E-state index contributed by atoms with van der Waals surface area (Å²) in [4.78, 5) is 21.9. The summed E-state index contributed by atoms with van der Waals surface area (Å²) < 4.78 is 32.1. The Morgan fingerprint density at radius 1 is 1.27 bits per heavy atom. The fraction of sp³-hybridized carbons (Fsp3) is 0.389. The van der Waals surface area contributed by atoms with E-state index in [-0.39, 0.29) is 35.4 Å². The molecule has 12 heteroatoms. The van der Waals surface area contributed by atoms with Crippen molar-refractivity contribution in [3.8, 4) is 0 Å². The van der Waals surface area contributed by atoms with Crippen LogP contribution in [0.2, 0.25) is 5.02 Å². The van der Waals surface area contributed by atoms with Crippen LogP contribution in [0.15, 0.2) is 32.8 Å². The van der Waals surface area contributed by atoms with Crippen LogP contribution in [0.4, 0.5) is 0 Å². The number of carbonyl (C=O) groups excluding carboxylic acids is 1. The molecule has 1 aromatic carbocycles. The number of hydrogen-bond acceptors (Lipinski definition) is 7. The number of imidazole rings is 1. The van der Waals surface area contributed by atoms with Crippen molar-refractivity contribution < 1.29 is 17.7 Å². The van der Waals surface area contributed by atoms with Crippen LogP contribution in [0.1, 0.15) is 11.5 Å². The third kappa shape index (κ3) is 4.07. The number of halogens is 1. The maximum Gasteiger partial charge on any atom is 0.248 e. The van der Waals surface area contributed by atoms with Gasteiger partial charge in [0, 0.05) is 31.2 Å². The number of carbonyl (C=O) groups is 1. The number of aryl methyl sites for hydroxylation is 2. The van der Waals surface area contributed by atoms with Crippen LogP contribution >= 0.6 is 23.4 Å². The zero-order valence-corrected chi connectivity index (χ0v) is 18.8. The van der Waals surface area contributed by atoms with Crippen LogP contribution in [-0.4, -0.2) is 70.6 Å². The van der Waals surface area contributed by atoms with Crippen LogP contribution in [0.25, 0.3) is 11.0 Å². The van der Waals surface area contributed by atoms with Crippen molar-refractivity contribution in [1.29, 1.82) is 0 Å². The normalized spacial score (nSPS) is 15.8. The van der Waals surface area contributed by atoms with Gasteiger partial charge in [0.05, 0.1) is 16.8 Å². The molecule has 0 atom stereocenters. The largest absolute Gasteiger partial charge is 0.360 e. The predicted octanol–water partition coefficient (Wildman–Crippen LogP) is 2.45. The summed E-state index contributed by atoms with van der Waals surface area (Å²) in [5.41, 5.74) is 1.94. The van der Waals surface area contributed by atoms with Gasteiger partial charge in [-0.15, -0.1) is 0 Å². The van der Waals surface area contributed by atoms with E-state index in [1.54, 1.807) is 30.9 Å². The Hall–Kier alpha value is -2.08. The maximum atomic E-state index is 12.9. The smallest absolute Gasteiger partial charge is 0.248 e. The van der Waals surface area contributed by atoms with Crippen molar-refractivity contribution >= 4 is 50.3 Å². The lowest BCUT2D eigenvalue weighted by molar-refractivity contribution is -0.129. The molecular formula is C18H20ClN5O4S2.